The lowest BCUT2D eigenvalue weighted by atomic mass is 9.75. The van der Waals surface area contributed by atoms with Gasteiger partial charge in [-0.1, -0.05) is 74.0 Å². The number of hydrogen-bond donors (Lipinski definition) is 1. The maximum absolute atomic E-state index is 12.6. The molecule has 35 heavy (non-hydrogen) atoms. The molecule has 0 bridgehead atoms. The van der Waals surface area contributed by atoms with Gasteiger partial charge < -0.3 is 19.7 Å². The predicted octanol–water partition coefficient (Wildman–Crippen LogP) is 5.61. The molecule has 5 rings (SSSR count). The van der Waals surface area contributed by atoms with E-state index in [0.717, 1.165) is 16.8 Å². The Balaban J connectivity index is 1.45. The summed E-state index contributed by atoms with van der Waals surface area (Å²) in [6, 6.07) is 22.5. The van der Waals surface area contributed by atoms with Gasteiger partial charge in [-0.25, -0.2) is 0 Å². The van der Waals surface area contributed by atoms with Crippen molar-refractivity contribution < 1.29 is 14.3 Å². The molecule has 0 spiro atoms. The van der Waals surface area contributed by atoms with Gasteiger partial charge in [0.2, 0.25) is 5.91 Å². The van der Waals surface area contributed by atoms with Crippen LogP contribution in [0, 0.1) is 6.92 Å². The molecule has 2 heterocycles. The quantitative estimate of drug-likeness (QED) is 0.490. The third-order valence-corrected chi connectivity index (χ3v) is 7.15. The van der Waals surface area contributed by atoms with Crippen molar-refractivity contribution in [1.29, 1.82) is 0 Å². The number of benzene rings is 3. The van der Waals surface area contributed by atoms with Crippen molar-refractivity contribution in [3.8, 4) is 11.5 Å². The minimum Gasteiger partial charge on any atom is -0.490 e. The fraction of sp³-hybridized carbons (Fsp3) is 0.300. The Morgan fingerprint density at radius 3 is 2.57 bits per heavy atom. The highest BCUT2D eigenvalue weighted by Gasteiger charge is 2.59. The van der Waals surface area contributed by atoms with Crippen LogP contribution in [0.5, 0.6) is 11.5 Å². The van der Waals surface area contributed by atoms with Crippen LogP contribution in [0.25, 0.3) is 6.08 Å². The number of nitrogens with zero attached hydrogens (tertiary/aromatic N) is 1. The minimum atomic E-state index is -0.630. The highest BCUT2D eigenvalue weighted by Crippen LogP contribution is 2.53. The van der Waals surface area contributed by atoms with E-state index in [1.165, 1.54) is 11.1 Å². The first-order valence-corrected chi connectivity index (χ1v) is 12.2. The second-order valence-electron chi connectivity index (χ2n) is 9.79. The molecule has 0 unspecified atom stereocenters. The van der Waals surface area contributed by atoms with Crippen LogP contribution >= 0.6 is 0 Å². The SMILES string of the molecule is CCOc1cc(/C=C/[C@@]23NC(=O)CN2c2ccc(C)cc2C3(C)C)ccc1OCc1ccccc1. The number of carbonyl (C=O) groups is 1. The summed E-state index contributed by atoms with van der Waals surface area (Å²) in [4.78, 5) is 14.8. The predicted molar refractivity (Wildman–Crippen MR) is 140 cm³/mol. The lowest BCUT2D eigenvalue weighted by molar-refractivity contribution is -0.118. The summed E-state index contributed by atoms with van der Waals surface area (Å²) < 4.78 is 12.0. The maximum atomic E-state index is 12.6. The Morgan fingerprint density at radius 1 is 1.00 bits per heavy atom. The molecule has 3 aromatic carbocycles. The molecule has 0 radical (unpaired) electrons. The van der Waals surface area contributed by atoms with Crippen molar-refractivity contribution >= 4 is 17.7 Å². The summed E-state index contributed by atoms with van der Waals surface area (Å²) in [5.74, 6) is 1.46. The van der Waals surface area contributed by atoms with Crippen LogP contribution in [0.15, 0.2) is 72.8 Å². The summed E-state index contributed by atoms with van der Waals surface area (Å²) in [5.41, 5.74) is 4.74. The van der Waals surface area contributed by atoms with Gasteiger partial charge in [0, 0.05) is 11.1 Å². The highest BCUT2D eigenvalue weighted by atomic mass is 16.5. The zero-order chi connectivity index (χ0) is 24.6. The molecule has 2 aliphatic heterocycles. The van der Waals surface area contributed by atoms with Crippen LogP contribution in [-0.4, -0.2) is 24.7 Å². The van der Waals surface area contributed by atoms with E-state index in [-0.39, 0.29) is 11.3 Å². The zero-order valence-electron chi connectivity index (χ0n) is 20.8. The Labute approximate surface area is 207 Å². The third-order valence-electron chi connectivity index (χ3n) is 7.15. The van der Waals surface area contributed by atoms with Crippen LogP contribution < -0.4 is 19.7 Å². The third kappa shape index (κ3) is 3.95. The van der Waals surface area contributed by atoms with Crippen LogP contribution in [0.4, 0.5) is 5.69 Å². The molecule has 2 aliphatic rings. The van der Waals surface area contributed by atoms with E-state index < -0.39 is 5.66 Å². The topological polar surface area (TPSA) is 50.8 Å². The van der Waals surface area contributed by atoms with Gasteiger partial charge >= 0.3 is 0 Å². The van der Waals surface area contributed by atoms with Crippen molar-refractivity contribution in [3.05, 3.63) is 95.1 Å². The number of hydrogen-bond acceptors (Lipinski definition) is 4. The van der Waals surface area contributed by atoms with E-state index in [9.17, 15) is 4.79 Å². The Bertz CT molecular complexity index is 1280. The van der Waals surface area contributed by atoms with Crippen molar-refractivity contribution in [2.45, 2.75) is 45.4 Å². The molecule has 0 saturated carbocycles. The number of nitrogens with one attached hydrogen (secondary N) is 1. The van der Waals surface area contributed by atoms with Crippen molar-refractivity contribution in [3.63, 3.8) is 0 Å². The Kier molecular flexibility index (Phi) is 5.79. The van der Waals surface area contributed by atoms with Gasteiger partial charge in [-0.2, -0.15) is 0 Å². The first-order chi connectivity index (χ1) is 16.8. The van der Waals surface area contributed by atoms with Gasteiger partial charge in [0.05, 0.1) is 13.2 Å². The van der Waals surface area contributed by atoms with Crippen molar-refractivity contribution in [2.24, 2.45) is 0 Å². The summed E-state index contributed by atoms with van der Waals surface area (Å²) in [6.45, 7) is 9.85. The first-order valence-electron chi connectivity index (χ1n) is 12.2. The lowest BCUT2D eigenvalue weighted by Gasteiger charge is -2.40. The molecule has 1 fully saturated rings. The second-order valence-corrected chi connectivity index (χ2v) is 9.79. The Hall–Kier alpha value is -3.73. The van der Waals surface area contributed by atoms with E-state index in [1.54, 1.807) is 0 Å². The minimum absolute atomic E-state index is 0.0358. The van der Waals surface area contributed by atoms with Crippen LogP contribution in [0.3, 0.4) is 0 Å². The molecule has 1 saturated heterocycles. The summed E-state index contributed by atoms with van der Waals surface area (Å²) in [6.07, 6.45) is 4.20. The number of fused-ring (bicyclic) bond motifs is 3. The molecule has 0 aliphatic carbocycles. The van der Waals surface area contributed by atoms with E-state index in [1.807, 2.05) is 55.5 Å². The molecule has 1 atom stereocenters. The molecule has 1 N–H and O–H groups in total. The van der Waals surface area contributed by atoms with Gasteiger partial charge in [-0.3, -0.25) is 4.79 Å². The first kappa shape index (κ1) is 23.0. The second kappa shape index (κ2) is 8.81. The molecule has 5 nitrogen and oxygen atoms in total. The van der Waals surface area contributed by atoms with Gasteiger partial charge in [-0.15, -0.1) is 0 Å². The Morgan fingerprint density at radius 2 is 1.80 bits per heavy atom. The van der Waals surface area contributed by atoms with Gasteiger partial charge in [-0.05, 0) is 54.8 Å². The van der Waals surface area contributed by atoms with E-state index >= 15 is 0 Å². The molecule has 5 heteroatoms. The number of amides is 1. The summed E-state index contributed by atoms with van der Waals surface area (Å²) in [7, 11) is 0. The number of aryl methyl sites for hydroxylation is 1. The van der Waals surface area contributed by atoms with Gasteiger partial charge in [0.15, 0.2) is 11.5 Å². The molecule has 3 aromatic rings. The van der Waals surface area contributed by atoms with Gasteiger partial charge in [0.1, 0.15) is 12.3 Å². The molecular formula is C30H32N2O3. The van der Waals surface area contributed by atoms with Crippen molar-refractivity contribution in [2.75, 3.05) is 18.1 Å². The standard InChI is InChI=1S/C30H32N2O3/c1-5-34-27-18-22(12-14-26(27)35-20-23-9-7-6-8-10-23)15-16-30-29(3,4)24-17-21(2)11-13-25(24)32(30)19-28(33)31-30/h6-18H,5,19-20H2,1-4H3,(H,31,33)/b16-15+/t30-/m1/s1. The molecular weight excluding hydrogens is 436 g/mol. The molecule has 180 valence electrons. The normalized spacial score (nSPS) is 20.0. The summed E-state index contributed by atoms with van der Waals surface area (Å²) in [5, 5.41) is 3.29. The zero-order valence-corrected chi connectivity index (χ0v) is 20.8. The molecule has 1 amide bonds. The van der Waals surface area contributed by atoms with Crippen LogP contribution in [-0.2, 0) is 16.8 Å². The smallest absolute Gasteiger partial charge is 0.241 e. The van der Waals surface area contributed by atoms with Crippen LogP contribution in [0.2, 0.25) is 0 Å². The fourth-order valence-electron chi connectivity index (χ4n) is 5.26. The highest BCUT2D eigenvalue weighted by molar-refractivity contribution is 5.91. The summed E-state index contributed by atoms with van der Waals surface area (Å²) >= 11 is 0. The maximum Gasteiger partial charge on any atom is 0.241 e. The average molecular weight is 469 g/mol. The van der Waals surface area contributed by atoms with Gasteiger partial charge in [0.25, 0.3) is 0 Å². The molecule has 0 aromatic heterocycles. The monoisotopic (exact) mass is 468 g/mol. The average Bonchev–Trinajstić information content (AvgIpc) is 3.27. The van der Waals surface area contributed by atoms with Crippen molar-refractivity contribution in [1.82, 2.24) is 5.32 Å². The largest absolute Gasteiger partial charge is 0.490 e. The van der Waals surface area contributed by atoms with E-state index in [0.29, 0.717) is 31.3 Å². The fourth-order valence-corrected chi connectivity index (χ4v) is 5.26. The number of carbonyl (C=O) groups excluding carboxylic acids is 1. The lowest BCUT2D eigenvalue weighted by Crippen LogP contribution is -2.58. The van der Waals surface area contributed by atoms with E-state index in [4.69, 9.17) is 9.47 Å². The number of ether oxygens (including phenoxy) is 2. The van der Waals surface area contributed by atoms with Crippen LogP contribution in [0.1, 0.15) is 43.0 Å². The number of rotatable bonds is 7. The number of anilines is 1. The van der Waals surface area contributed by atoms with E-state index in [2.05, 4.69) is 61.3 Å².